The van der Waals surface area contributed by atoms with Crippen LogP contribution in [-0.4, -0.2) is 59.1 Å². The number of benzene rings is 1. The maximum Gasteiger partial charge on any atom is 0.326 e. The third-order valence-electron chi connectivity index (χ3n) is 6.65. The van der Waals surface area contributed by atoms with E-state index >= 15 is 0 Å². The minimum absolute atomic E-state index is 0.0307. The van der Waals surface area contributed by atoms with Gasteiger partial charge in [-0.3, -0.25) is 9.59 Å². The van der Waals surface area contributed by atoms with Gasteiger partial charge in [-0.15, -0.1) is 0 Å². The molecule has 1 saturated carbocycles. The summed E-state index contributed by atoms with van der Waals surface area (Å²) in [6.07, 6.45) is 5.08. The van der Waals surface area contributed by atoms with Crippen molar-refractivity contribution >= 4 is 17.8 Å². The molecule has 2 aliphatic rings. The number of carboxylic acids is 1. The lowest BCUT2D eigenvalue weighted by Gasteiger charge is -2.34. The third-order valence-corrected chi connectivity index (χ3v) is 6.65. The van der Waals surface area contributed by atoms with Crippen LogP contribution in [0.25, 0.3) is 0 Å². The Morgan fingerprint density at radius 2 is 1.90 bits per heavy atom. The van der Waals surface area contributed by atoms with Crippen LogP contribution in [0.4, 0.5) is 0 Å². The molecule has 1 aromatic rings. The van der Waals surface area contributed by atoms with Gasteiger partial charge in [0, 0.05) is 6.04 Å². The summed E-state index contributed by atoms with van der Waals surface area (Å²) in [7, 11) is 0. The van der Waals surface area contributed by atoms with Crippen LogP contribution in [0.15, 0.2) is 30.3 Å². The van der Waals surface area contributed by atoms with Crippen molar-refractivity contribution in [2.45, 2.75) is 76.4 Å². The van der Waals surface area contributed by atoms with E-state index in [2.05, 4.69) is 5.32 Å². The van der Waals surface area contributed by atoms with Gasteiger partial charge in [0.15, 0.2) is 0 Å². The van der Waals surface area contributed by atoms with Crippen molar-refractivity contribution in [3.8, 4) is 0 Å². The lowest BCUT2D eigenvalue weighted by Crippen LogP contribution is -2.53. The van der Waals surface area contributed by atoms with E-state index in [9.17, 15) is 19.5 Å². The first-order valence-electron chi connectivity index (χ1n) is 11.4. The molecule has 5 atom stereocenters. The van der Waals surface area contributed by atoms with Crippen molar-refractivity contribution in [1.82, 2.24) is 10.2 Å². The maximum atomic E-state index is 13.2. The second-order valence-corrected chi connectivity index (χ2v) is 8.63. The van der Waals surface area contributed by atoms with E-state index in [0.717, 1.165) is 31.2 Å². The SMILES string of the molecule is CCOC(=O)C(CCNC(C)C(=O)N1C(C(=O)O)CC2CCCCC21)c1ccccc1. The molecular weight excluding hydrogens is 396 g/mol. The lowest BCUT2D eigenvalue weighted by molar-refractivity contribution is -0.150. The van der Waals surface area contributed by atoms with Crippen LogP contribution >= 0.6 is 0 Å². The summed E-state index contributed by atoms with van der Waals surface area (Å²) < 4.78 is 5.24. The van der Waals surface area contributed by atoms with Gasteiger partial charge < -0.3 is 20.1 Å². The molecule has 170 valence electrons. The molecule has 2 N–H and O–H groups in total. The number of carbonyl (C=O) groups excluding carboxylic acids is 2. The van der Waals surface area contributed by atoms with Crippen LogP contribution in [0.2, 0.25) is 0 Å². The second kappa shape index (κ2) is 10.8. The molecular formula is C24H34N2O5. The van der Waals surface area contributed by atoms with Crippen LogP contribution in [-0.2, 0) is 19.1 Å². The number of carbonyl (C=O) groups is 3. The lowest BCUT2D eigenvalue weighted by atomic mass is 9.84. The largest absolute Gasteiger partial charge is 0.480 e. The predicted molar refractivity (Wildman–Crippen MR) is 117 cm³/mol. The van der Waals surface area contributed by atoms with E-state index in [1.54, 1.807) is 18.7 Å². The van der Waals surface area contributed by atoms with Gasteiger partial charge in [0.25, 0.3) is 0 Å². The molecule has 0 spiro atoms. The highest BCUT2D eigenvalue weighted by atomic mass is 16.5. The molecule has 7 heteroatoms. The minimum atomic E-state index is -0.915. The summed E-state index contributed by atoms with van der Waals surface area (Å²) in [6.45, 7) is 4.33. The number of nitrogens with zero attached hydrogens (tertiary/aromatic N) is 1. The standard InChI is InChI=1S/C24H34N2O5/c1-3-31-24(30)19(17-9-5-4-6-10-17)13-14-25-16(2)22(27)26-20-12-8-7-11-18(20)15-21(26)23(28)29/h4-6,9-10,16,18-21,25H,3,7-8,11-15H2,1-2H3,(H,28,29). The van der Waals surface area contributed by atoms with Crippen molar-refractivity contribution in [3.63, 3.8) is 0 Å². The molecule has 1 heterocycles. The Balaban J connectivity index is 1.62. The molecule has 1 aliphatic carbocycles. The topological polar surface area (TPSA) is 95.9 Å². The van der Waals surface area contributed by atoms with Crippen LogP contribution in [0.5, 0.6) is 0 Å². The van der Waals surface area contributed by atoms with Crippen molar-refractivity contribution in [2.75, 3.05) is 13.2 Å². The summed E-state index contributed by atoms with van der Waals surface area (Å²) in [5.74, 6) is -1.46. The smallest absolute Gasteiger partial charge is 0.326 e. The number of ether oxygens (including phenoxy) is 1. The molecule has 1 aromatic carbocycles. The number of fused-ring (bicyclic) bond motifs is 1. The van der Waals surface area contributed by atoms with Gasteiger partial charge in [-0.25, -0.2) is 4.79 Å². The van der Waals surface area contributed by atoms with Gasteiger partial charge in [0.05, 0.1) is 18.6 Å². The number of hydrogen-bond donors (Lipinski definition) is 2. The number of aliphatic carboxylic acids is 1. The van der Waals surface area contributed by atoms with Gasteiger partial charge in [-0.2, -0.15) is 0 Å². The van der Waals surface area contributed by atoms with Crippen LogP contribution in [0.3, 0.4) is 0 Å². The zero-order valence-electron chi connectivity index (χ0n) is 18.5. The summed E-state index contributed by atoms with van der Waals surface area (Å²) in [5, 5.41) is 12.9. The zero-order chi connectivity index (χ0) is 22.4. The Morgan fingerprint density at radius 3 is 2.58 bits per heavy atom. The fourth-order valence-corrected chi connectivity index (χ4v) is 5.10. The van der Waals surface area contributed by atoms with E-state index in [1.807, 2.05) is 30.3 Å². The predicted octanol–water partition coefficient (Wildman–Crippen LogP) is 2.95. The number of hydrogen-bond acceptors (Lipinski definition) is 5. The first-order chi connectivity index (χ1) is 14.9. The third kappa shape index (κ3) is 5.45. The number of amides is 1. The van der Waals surface area contributed by atoms with E-state index in [1.165, 1.54) is 0 Å². The fraction of sp³-hybridized carbons (Fsp3) is 0.625. The van der Waals surface area contributed by atoms with Crippen molar-refractivity contribution in [2.24, 2.45) is 5.92 Å². The van der Waals surface area contributed by atoms with Crippen molar-refractivity contribution in [1.29, 1.82) is 0 Å². The highest BCUT2D eigenvalue weighted by Gasteiger charge is 2.48. The molecule has 1 aliphatic heterocycles. The molecule has 0 aromatic heterocycles. The fourth-order valence-electron chi connectivity index (χ4n) is 5.10. The molecule has 31 heavy (non-hydrogen) atoms. The molecule has 7 nitrogen and oxygen atoms in total. The average Bonchev–Trinajstić information content (AvgIpc) is 3.16. The van der Waals surface area contributed by atoms with Gasteiger partial charge in [-0.05, 0) is 57.6 Å². The molecule has 1 amide bonds. The number of likely N-dealkylation sites (tertiary alicyclic amines) is 1. The minimum Gasteiger partial charge on any atom is -0.480 e. The van der Waals surface area contributed by atoms with Gasteiger partial charge in [0.2, 0.25) is 5.91 Å². The summed E-state index contributed by atoms with van der Waals surface area (Å²) in [6, 6.07) is 8.27. The Morgan fingerprint density at radius 1 is 1.19 bits per heavy atom. The summed E-state index contributed by atoms with van der Waals surface area (Å²) in [5.41, 5.74) is 0.886. The van der Waals surface area contributed by atoms with Gasteiger partial charge in [-0.1, -0.05) is 43.2 Å². The molecule has 2 fully saturated rings. The van der Waals surface area contributed by atoms with Crippen LogP contribution in [0.1, 0.15) is 63.9 Å². The highest BCUT2D eigenvalue weighted by Crippen LogP contribution is 2.40. The Bertz CT molecular complexity index is 768. The molecule has 5 unspecified atom stereocenters. The molecule has 1 saturated heterocycles. The summed E-state index contributed by atoms with van der Waals surface area (Å²) >= 11 is 0. The maximum absolute atomic E-state index is 13.2. The number of nitrogens with one attached hydrogen (secondary N) is 1. The Hall–Kier alpha value is -2.41. The van der Waals surface area contributed by atoms with Crippen LogP contribution < -0.4 is 5.32 Å². The zero-order valence-corrected chi connectivity index (χ0v) is 18.5. The molecule has 0 radical (unpaired) electrons. The van der Waals surface area contributed by atoms with Crippen LogP contribution in [0, 0.1) is 5.92 Å². The monoisotopic (exact) mass is 430 g/mol. The van der Waals surface area contributed by atoms with E-state index < -0.39 is 24.0 Å². The number of esters is 1. The van der Waals surface area contributed by atoms with E-state index in [0.29, 0.717) is 26.0 Å². The van der Waals surface area contributed by atoms with Crippen molar-refractivity contribution < 1.29 is 24.2 Å². The second-order valence-electron chi connectivity index (χ2n) is 8.63. The number of carboxylic acid groups (broad SMARTS) is 1. The first-order valence-corrected chi connectivity index (χ1v) is 11.4. The first kappa shape index (κ1) is 23.3. The highest BCUT2D eigenvalue weighted by molar-refractivity contribution is 5.88. The molecule has 0 bridgehead atoms. The molecule has 3 rings (SSSR count). The van der Waals surface area contributed by atoms with Crippen molar-refractivity contribution in [3.05, 3.63) is 35.9 Å². The normalized spacial score (nSPS) is 24.8. The summed E-state index contributed by atoms with van der Waals surface area (Å²) in [4.78, 5) is 39.1. The Labute approximate surface area is 184 Å². The van der Waals surface area contributed by atoms with E-state index in [-0.39, 0.29) is 23.8 Å². The van der Waals surface area contributed by atoms with Gasteiger partial charge in [0.1, 0.15) is 6.04 Å². The quantitative estimate of drug-likeness (QED) is 0.585. The number of rotatable bonds is 9. The average molecular weight is 431 g/mol. The Kier molecular flexibility index (Phi) is 8.07. The van der Waals surface area contributed by atoms with Gasteiger partial charge >= 0.3 is 11.9 Å². The van der Waals surface area contributed by atoms with E-state index in [4.69, 9.17) is 4.74 Å².